The van der Waals surface area contributed by atoms with E-state index < -0.39 is 11.7 Å². The summed E-state index contributed by atoms with van der Waals surface area (Å²) in [6, 6.07) is 17.0. The molecule has 0 aliphatic carbocycles. The molecule has 2 aromatic carbocycles. The van der Waals surface area contributed by atoms with Crippen LogP contribution in [0.15, 0.2) is 66.9 Å². The van der Waals surface area contributed by atoms with Crippen LogP contribution in [-0.4, -0.2) is 21.9 Å². The smallest absolute Gasteiger partial charge is 0.345 e. The van der Waals surface area contributed by atoms with E-state index in [0.29, 0.717) is 30.8 Å². The Morgan fingerprint density at radius 1 is 0.914 bits per heavy atom. The first-order chi connectivity index (χ1) is 16.5. The molecule has 0 bridgehead atoms. The molecule has 6 heteroatoms. The predicted octanol–water partition coefficient (Wildman–Crippen LogP) is 7.69. The zero-order valence-corrected chi connectivity index (χ0v) is 21.0. The molecule has 1 amide bonds. The van der Waals surface area contributed by atoms with Crippen LogP contribution in [0.3, 0.4) is 0 Å². The molecule has 0 N–H and O–H groups in total. The fourth-order valence-corrected chi connectivity index (χ4v) is 4.09. The maximum Gasteiger partial charge on any atom is 0.416 e. The molecule has 3 rings (SSSR count). The first-order valence-electron chi connectivity index (χ1n) is 12.2. The third kappa shape index (κ3) is 7.23. The summed E-state index contributed by atoms with van der Waals surface area (Å²) >= 11 is 0. The molecule has 0 fully saturated rings. The number of rotatable bonds is 9. The molecule has 0 unspecified atom stereocenters. The summed E-state index contributed by atoms with van der Waals surface area (Å²) in [7, 11) is 0. The van der Waals surface area contributed by atoms with Gasteiger partial charge in [0.2, 0.25) is 0 Å². The van der Waals surface area contributed by atoms with Gasteiger partial charge in [0.1, 0.15) is 0 Å². The molecule has 0 radical (unpaired) electrons. The number of amides is 1. The molecule has 0 saturated heterocycles. The number of benzene rings is 2. The third-order valence-corrected chi connectivity index (χ3v) is 6.20. The highest BCUT2D eigenvalue weighted by molar-refractivity contribution is 5.94. The van der Waals surface area contributed by atoms with Crippen LogP contribution in [-0.2, 0) is 24.7 Å². The third-order valence-electron chi connectivity index (χ3n) is 6.20. The van der Waals surface area contributed by atoms with E-state index in [0.717, 1.165) is 31.0 Å². The highest BCUT2D eigenvalue weighted by Crippen LogP contribution is 2.30. The van der Waals surface area contributed by atoms with Crippen LogP contribution in [0.5, 0.6) is 0 Å². The monoisotopic (exact) mass is 484 g/mol. The second-order valence-electron chi connectivity index (χ2n) is 10.1. The van der Waals surface area contributed by atoms with Gasteiger partial charge in [-0.15, -0.1) is 0 Å². The van der Waals surface area contributed by atoms with Gasteiger partial charge in [-0.1, -0.05) is 64.8 Å². The van der Waals surface area contributed by atoms with E-state index in [2.05, 4.69) is 27.7 Å². The maximum absolute atomic E-state index is 13.4. The predicted molar refractivity (Wildman–Crippen MR) is 134 cm³/mol. The highest BCUT2D eigenvalue weighted by Gasteiger charge is 2.30. The normalized spacial score (nSPS) is 12.1. The van der Waals surface area contributed by atoms with Crippen molar-refractivity contribution in [3.05, 3.63) is 94.8 Å². The minimum Gasteiger partial charge on any atom is -0.345 e. The molecule has 0 aliphatic rings. The van der Waals surface area contributed by atoms with Gasteiger partial charge in [0, 0.05) is 30.5 Å². The van der Waals surface area contributed by atoms with Crippen LogP contribution >= 0.6 is 0 Å². The summed E-state index contributed by atoms with van der Waals surface area (Å²) < 4.78 is 41.3. The zero-order valence-electron chi connectivity index (χ0n) is 21.0. The van der Waals surface area contributed by atoms with Crippen LogP contribution in [0, 0.1) is 0 Å². The lowest BCUT2D eigenvalue weighted by Gasteiger charge is -2.25. The Kier molecular flexibility index (Phi) is 8.47. The van der Waals surface area contributed by atoms with E-state index in [4.69, 9.17) is 0 Å². The van der Waals surface area contributed by atoms with Crippen LogP contribution < -0.4 is 0 Å². The minimum absolute atomic E-state index is 0.00659. The van der Waals surface area contributed by atoms with Crippen LogP contribution in [0.4, 0.5) is 13.2 Å². The van der Waals surface area contributed by atoms with Crippen LogP contribution in [0.1, 0.15) is 79.7 Å². The quantitative estimate of drug-likeness (QED) is 0.286. The second kappa shape index (κ2) is 11.1. The molecule has 35 heavy (non-hydrogen) atoms. The van der Waals surface area contributed by atoms with Gasteiger partial charge < -0.3 is 9.47 Å². The fraction of sp³-hybridized carbons (Fsp3) is 0.414. The van der Waals surface area contributed by atoms with E-state index in [1.54, 1.807) is 6.07 Å². The van der Waals surface area contributed by atoms with Gasteiger partial charge in [0.05, 0.1) is 12.1 Å². The molecule has 0 saturated carbocycles. The lowest BCUT2D eigenvalue weighted by Crippen LogP contribution is -2.32. The van der Waals surface area contributed by atoms with Crippen molar-refractivity contribution in [3.8, 4) is 0 Å². The second-order valence-corrected chi connectivity index (χ2v) is 10.1. The Morgan fingerprint density at radius 3 is 2.26 bits per heavy atom. The summed E-state index contributed by atoms with van der Waals surface area (Å²) in [6.07, 6.45) is 0.450. The largest absolute Gasteiger partial charge is 0.416 e. The van der Waals surface area contributed by atoms with E-state index >= 15 is 0 Å². The number of carbonyl (C=O) groups is 1. The van der Waals surface area contributed by atoms with Crippen LogP contribution in [0.2, 0.25) is 0 Å². The Labute approximate surface area is 206 Å². The van der Waals surface area contributed by atoms with E-state index in [1.165, 1.54) is 17.7 Å². The molecule has 0 atom stereocenters. The van der Waals surface area contributed by atoms with Crippen LogP contribution in [0.25, 0.3) is 0 Å². The lowest BCUT2D eigenvalue weighted by molar-refractivity contribution is -0.137. The average Bonchev–Trinajstić information content (AvgIpc) is 3.23. The van der Waals surface area contributed by atoms with Gasteiger partial charge in [-0.3, -0.25) is 4.79 Å². The number of alkyl halides is 3. The van der Waals surface area contributed by atoms with Gasteiger partial charge >= 0.3 is 6.18 Å². The number of carbonyl (C=O) groups excluding carboxylic acids is 1. The van der Waals surface area contributed by atoms with Gasteiger partial charge in [0.15, 0.2) is 0 Å². The van der Waals surface area contributed by atoms with Crippen molar-refractivity contribution < 1.29 is 18.0 Å². The van der Waals surface area contributed by atoms with Crippen molar-refractivity contribution in [1.82, 2.24) is 9.47 Å². The molecule has 1 heterocycles. The zero-order chi connectivity index (χ0) is 25.6. The van der Waals surface area contributed by atoms with Crippen molar-refractivity contribution in [2.24, 2.45) is 0 Å². The Bertz CT molecular complexity index is 1110. The first-order valence-corrected chi connectivity index (χ1v) is 12.2. The molecular weight excluding hydrogens is 449 g/mol. The molecular formula is C29H35F3N2O. The number of hydrogen-bond acceptors (Lipinski definition) is 1. The number of hydrogen-bond donors (Lipinski definition) is 0. The Balaban J connectivity index is 1.81. The molecule has 3 aromatic rings. The Morgan fingerprint density at radius 2 is 1.63 bits per heavy atom. The van der Waals surface area contributed by atoms with E-state index in [-0.39, 0.29) is 11.3 Å². The van der Waals surface area contributed by atoms with Crippen molar-refractivity contribution >= 4 is 5.91 Å². The molecule has 1 aromatic heterocycles. The number of halogens is 3. The summed E-state index contributed by atoms with van der Waals surface area (Å²) in [5.74, 6) is -0.0339. The lowest BCUT2D eigenvalue weighted by atomic mass is 9.86. The highest BCUT2D eigenvalue weighted by atomic mass is 19.4. The van der Waals surface area contributed by atoms with Gasteiger partial charge in [-0.2, -0.15) is 13.2 Å². The molecule has 188 valence electrons. The minimum atomic E-state index is -4.37. The summed E-state index contributed by atoms with van der Waals surface area (Å²) in [4.78, 5) is 15.3. The first kappa shape index (κ1) is 26.6. The topological polar surface area (TPSA) is 25.2 Å². The molecule has 0 spiro atoms. The summed E-state index contributed by atoms with van der Waals surface area (Å²) in [5, 5.41) is 0. The van der Waals surface area contributed by atoms with Crippen molar-refractivity contribution in [2.45, 2.75) is 71.6 Å². The van der Waals surface area contributed by atoms with Crippen molar-refractivity contribution in [2.75, 3.05) is 6.54 Å². The number of unbranched alkanes of at least 4 members (excludes halogenated alkanes) is 2. The summed E-state index contributed by atoms with van der Waals surface area (Å²) in [5.41, 5.74) is 2.62. The van der Waals surface area contributed by atoms with Gasteiger partial charge in [-0.25, -0.2) is 0 Å². The standard InChI is InChI=1S/C29H35F3N2O/c1-5-6-7-17-34(27(35)23-13-15-24(16-14-23)28(2,3)4)21-26-12-9-18-33(26)20-22-10-8-11-25(19-22)29(30,31)32/h8-16,18-19H,5-7,17,20-21H2,1-4H3. The molecule has 0 aliphatic heterocycles. The van der Waals surface area contributed by atoms with Gasteiger partial charge in [0.25, 0.3) is 5.91 Å². The SMILES string of the molecule is CCCCCN(Cc1cccn1Cc1cccc(C(F)(F)F)c1)C(=O)c1ccc(C(C)(C)C)cc1. The fourth-order valence-electron chi connectivity index (χ4n) is 4.09. The maximum atomic E-state index is 13.4. The van der Waals surface area contributed by atoms with E-state index in [1.807, 2.05) is 52.1 Å². The number of aromatic nitrogens is 1. The Hall–Kier alpha value is -3.02. The summed E-state index contributed by atoms with van der Waals surface area (Å²) in [6.45, 7) is 9.87. The van der Waals surface area contributed by atoms with E-state index in [9.17, 15) is 18.0 Å². The average molecular weight is 485 g/mol. The number of nitrogens with zero attached hydrogens (tertiary/aromatic N) is 2. The van der Waals surface area contributed by atoms with Gasteiger partial charge in [-0.05, 0) is 59.4 Å². The molecule has 3 nitrogen and oxygen atoms in total. The van der Waals surface area contributed by atoms with Crippen molar-refractivity contribution in [3.63, 3.8) is 0 Å². The van der Waals surface area contributed by atoms with Crippen molar-refractivity contribution in [1.29, 1.82) is 0 Å².